The van der Waals surface area contributed by atoms with Gasteiger partial charge in [0.05, 0.1) is 12.6 Å². The van der Waals surface area contributed by atoms with E-state index < -0.39 is 11.7 Å². The van der Waals surface area contributed by atoms with E-state index in [2.05, 4.69) is 0 Å². The van der Waals surface area contributed by atoms with Crippen LogP contribution < -0.4 is 0 Å². The van der Waals surface area contributed by atoms with Gasteiger partial charge in [0.25, 0.3) is 0 Å². The van der Waals surface area contributed by atoms with Crippen molar-refractivity contribution in [2.24, 2.45) is 0 Å². The van der Waals surface area contributed by atoms with Gasteiger partial charge in [-0.25, -0.2) is 4.79 Å². The third-order valence-corrected chi connectivity index (χ3v) is 3.86. The minimum absolute atomic E-state index is 0.0108. The number of hydrogen-bond acceptors (Lipinski definition) is 4. The molecule has 0 aliphatic carbocycles. The summed E-state index contributed by atoms with van der Waals surface area (Å²) in [4.78, 5) is 27.7. The second kappa shape index (κ2) is 7.87. The molecule has 25 heavy (non-hydrogen) atoms. The van der Waals surface area contributed by atoms with Crippen molar-refractivity contribution in [3.8, 4) is 0 Å². The highest BCUT2D eigenvalue weighted by atomic mass is 16.6. The zero-order chi connectivity index (χ0) is 18.6. The molecule has 1 fully saturated rings. The fraction of sp³-hybridized carbons (Fsp3) is 0.579. The third-order valence-electron chi connectivity index (χ3n) is 3.86. The fourth-order valence-electron chi connectivity index (χ4n) is 2.71. The van der Waals surface area contributed by atoms with Gasteiger partial charge in [-0.2, -0.15) is 0 Å². The second-order valence-corrected chi connectivity index (χ2v) is 7.48. The summed E-state index contributed by atoms with van der Waals surface area (Å²) in [6.45, 7) is 8.34. The van der Waals surface area contributed by atoms with Crippen LogP contribution in [0.15, 0.2) is 30.3 Å². The predicted molar refractivity (Wildman–Crippen MR) is 95.2 cm³/mol. The molecule has 138 valence electrons. The summed E-state index contributed by atoms with van der Waals surface area (Å²) in [6, 6.07) is 9.87. The molecule has 2 unspecified atom stereocenters. The highest BCUT2D eigenvalue weighted by Gasteiger charge is 2.30. The zero-order valence-corrected chi connectivity index (χ0v) is 15.7. The van der Waals surface area contributed by atoms with Crippen LogP contribution in [0.3, 0.4) is 0 Å². The van der Waals surface area contributed by atoms with E-state index in [1.54, 1.807) is 32.7 Å². The molecular weight excluding hydrogens is 320 g/mol. The molecule has 0 aromatic heterocycles. The van der Waals surface area contributed by atoms with E-state index in [0.717, 1.165) is 5.56 Å². The molecule has 2 rings (SSSR count). The van der Waals surface area contributed by atoms with Crippen molar-refractivity contribution in [3.63, 3.8) is 0 Å². The molecule has 2 atom stereocenters. The predicted octanol–water partition coefficient (Wildman–Crippen LogP) is 2.84. The van der Waals surface area contributed by atoms with E-state index >= 15 is 0 Å². The van der Waals surface area contributed by atoms with Crippen molar-refractivity contribution in [1.82, 2.24) is 9.80 Å². The summed E-state index contributed by atoms with van der Waals surface area (Å²) in [5.41, 5.74) is 0.465. The first-order valence-corrected chi connectivity index (χ1v) is 8.58. The summed E-state index contributed by atoms with van der Waals surface area (Å²) in [6.07, 6.45) is -0.711. The smallest absolute Gasteiger partial charge is 0.410 e. The van der Waals surface area contributed by atoms with E-state index in [9.17, 15) is 9.59 Å². The Balaban J connectivity index is 1.97. The van der Waals surface area contributed by atoms with Gasteiger partial charge in [-0.15, -0.1) is 0 Å². The number of morpholine rings is 1. The number of likely N-dealkylation sites (N-methyl/N-ethyl adjacent to an activating group) is 1. The molecule has 2 amide bonds. The quantitative estimate of drug-likeness (QED) is 0.843. The van der Waals surface area contributed by atoms with E-state index in [1.807, 2.05) is 37.3 Å². The van der Waals surface area contributed by atoms with Gasteiger partial charge in [0.15, 0.2) is 0 Å². The maximum Gasteiger partial charge on any atom is 0.410 e. The van der Waals surface area contributed by atoms with Crippen molar-refractivity contribution in [2.45, 2.75) is 45.5 Å². The summed E-state index contributed by atoms with van der Waals surface area (Å²) < 4.78 is 11.3. The minimum atomic E-state index is -0.583. The number of carbonyl (C=O) groups is 2. The second-order valence-electron chi connectivity index (χ2n) is 7.48. The van der Waals surface area contributed by atoms with Crippen LogP contribution in [0.5, 0.6) is 0 Å². The SMILES string of the molecule is CC1CN(C(=O)CN(C)C(=O)OC(C)(C)C)CC(c2ccccc2)O1. The average Bonchev–Trinajstić information content (AvgIpc) is 2.53. The minimum Gasteiger partial charge on any atom is -0.444 e. The molecule has 1 aliphatic rings. The molecule has 1 aliphatic heterocycles. The molecular formula is C19H28N2O4. The number of amides is 2. The molecule has 1 aromatic rings. The fourth-order valence-corrected chi connectivity index (χ4v) is 2.71. The maximum atomic E-state index is 12.6. The van der Waals surface area contributed by atoms with Crippen LogP contribution in [0.4, 0.5) is 4.79 Å². The van der Waals surface area contributed by atoms with E-state index in [-0.39, 0.29) is 24.7 Å². The van der Waals surface area contributed by atoms with Crippen LogP contribution in [0, 0.1) is 0 Å². The number of ether oxygens (including phenoxy) is 2. The van der Waals surface area contributed by atoms with Gasteiger partial charge in [0, 0.05) is 13.6 Å². The maximum absolute atomic E-state index is 12.6. The molecule has 1 heterocycles. The van der Waals surface area contributed by atoms with Crippen LogP contribution in [0.25, 0.3) is 0 Å². The number of rotatable bonds is 3. The van der Waals surface area contributed by atoms with Crippen molar-refractivity contribution < 1.29 is 19.1 Å². The Hall–Kier alpha value is -2.08. The van der Waals surface area contributed by atoms with Gasteiger partial charge in [-0.05, 0) is 33.3 Å². The number of nitrogens with zero attached hydrogens (tertiary/aromatic N) is 2. The van der Waals surface area contributed by atoms with Gasteiger partial charge in [-0.3, -0.25) is 4.79 Å². The molecule has 6 heteroatoms. The Labute approximate surface area is 149 Å². The van der Waals surface area contributed by atoms with E-state index in [4.69, 9.17) is 9.47 Å². The lowest BCUT2D eigenvalue weighted by Crippen LogP contribution is -2.49. The summed E-state index contributed by atoms with van der Waals surface area (Å²) in [5.74, 6) is -0.107. The van der Waals surface area contributed by atoms with Gasteiger partial charge in [0.1, 0.15) is 18.2 Å². The van der Waals surface area contributed by atoms with Gasteiger partial charge in [0.2, 0.25) is 5.91 Å². The van der Waals surface area contributed by atoms with E-state index in [1.165, 1.54) is 4.90 Å². The van der Waals surface area contributed by atoms with E-state index in [0.29, 0.717) is 13.1 Å². The Morgan fingerprint density at radius 2 is 1.88 bits per heavy atom. The van der Waals surface area contributed by atoms with Crippen LogP contribution in [-0.4, -0.2) is 60.2 Å². The van der Waals surface area contributed by atoms with Crippen molar-refractivity contribution in [2.75, 3.05) is 26.7 Å². The average molecular weight is 348 g/mol. The van der Waals surface area contributed by atoms with Gasteiger partial charge >= 0.3 is 6.09 Å². The van der Waals surface area contributed by atoms with Crippen molar-refractivity contribution >= 4 is 12.0 Å². The highest BCUT2D eigenvalue weighted by Crippen LogP contribution is 2.25. The highest BCUT2D eigenvalue weighted by molar-refractivity contribution is 5.82. The lowest BCUT2D eigenvalue weighted by atomic mass is 10.1. The van der Waals surface area contributed by atoms with Crippen LogP contribution >= 0.6 is 0 Å². The summed E-state index contributed by atoms with van der Waals surface area (Å²) in [5, 5.41) is 0. The lowest BCUT2D eigenvalue weighted by molar-refractivity contribution is -0.145. The van der Waals surface area contributed by atoms with Crippen molar-refractivity contribution in [3.05, 3.63) is 35.9 Å². The summed E-state index contributed by atoms with van der Waals surface area (Å²) in [7, 11) is 1.57. The molecule has 1 saturated heterocycles. The Kier molecular flexibility index (Phi) is 6.06. The normalized spacial score (nSPS) is 20.9. The largest absolute Gasteiger partial charge is 0.444 e. The van der Waals surface area contributed by atoms with Crippen LogP contribution in [-0.2, 0) is 14.3 Å². The first-order chi connectivity index (χ1) is 11.7. The van der Waals surface area contributed by atoms with Gasteiger partial charge < -0.3 is 19.3 Å². The number of benzene rings is 1. The third kappa shape index (κ3) is 5.74. The zero-order valence-electron chi connectivity index (χ0n) is 15.7. The molecule has 6 nitrogen and oxygen atoms in total. The van der Waals surface area contributed by atoms with Crippen LogP contribution in [0.2, 0.25) is 0 Å². The number of hydrogen-bond donors (Lipinski definition) is 0. The molecule has 0 saturated carbocycles. The first-order valence-electron chi connectivity index (χ1n) is 8.58. The molecule has 0 bridgehead atoms. The Bertz CT molecular complexity index is 597. The number of carbonyl (C=O) groups excluding carboxylic acids is 2. The molecule has 0 N–H and O–H groups in total. The molecule has 1 aromatic carbocycles. The lowest BCUT2D eigenvalue weighted by Gasteiger charge is -2.37. The molecule has 0 radical (unpaired) electrons. The monoisotopic (exact) mass is 348 g/mol. The first kappa shape index (κ1) is 19.2. The Morgan fingerprint density at radius 1 is 1.24 bits per heavy atom. The Morgan fingerprint density at radius 3 is 2.48 bits per heavy atom. The van der Waals surface area contributed by atoms with Crippen LogP contribution in [0.1, 0.15) is 39.4 Å². The van der Waals surface area contributed by atoms with Crippen molar-refractivity contribution in [1.29, 1.82) is 0 Å². The topological polar surface area (TPSA) is 59.1 Å². The molecule has 0 spiro atoms. The van der Waals surface area contributed by atoms with Gasteiger partial charge in [-0.1, -0.05) is 30.3 Å². The summed E-state index contributed by atoms with van der Waals surface area (Å²) >= 11 is 0. The standard InChI is InChI=1S/C19H28N2O4/c1-14-11-21(12-16(24-14)15-9-7-6-8-10-15)17(22)13-20(5)18(23)25-19(2,3)4/h6-10,14,16H,11-13H2,1-5H3.